The summed E-state index contributed by atoms with van der Waals surface area (Å²) in [7, 11) is 1.70. The van der Waals surface area contributed by atoms with E-state index in [0.29, 0.717) is 12.1 Å². The highest BCUT2D eigenvalue weighted by molar-refractivity contribution is 5.91. The summed E-state index contributed by atoms with van der Waals surface area (Å²) in [5, 5.41) is 18.8. The normalized spacial score (nSPS) is 9.78. The van der Waals surface area contributed by atoms with Crippen LogP contribution >= 0.6 is 0 Å². The third kappa shape index (κ3) is 2.71. The van der Waals surface area contributed by atoms with E-state index >= 15 is 0 Å². The second-order valence-electron chi connectivity index (χ2n) is 3.77. The highest BCUT2D eigenvalue weighted by atomic mass is 16.2. The Morgan fingerprint density at radius 1 is 1.44 bits per heavy atom. The van der Waals surface area contributed by atoms with Gasteiger partial charge in [-0.1, -0.05) is 17.3 Å². The molecule has 0 fully saturated rings. The van der Waals surface area contributed by atoms with Crippen LogP contribution in [0.2, 0.25) is 0 Å². The molecule has 0 spiro atoms. The minimum atomic E-state index is -0.271. The lowest BCUT2D eigenvalue weighted by Gasteiger charge is -2.02. The Kier molecular flexibility index (Phi) is 3.34. The van der Waals surface area contributed by atoms with Crippen molar-refractivity contribution in [2.24, 2.45) is 7.05 Å². The van der Waals surface area contributed by atoms with E-state index in [1.165, 1.54) is 4.68 Å². The number of hydrogen-bond donors (Lipinski definition) is 1. The highest BCUT2D eigenvalue weighted by Gasteiger charge is 2.08. The molecule has 0 unspecified atom stereocenters. The number of carbonyl (C=O) groups is 1. The molecule has 1 amide bonds. The van der Waals surface area contributed by atoms with E-state index in [2.05, 4.69) is 15.6 Å². The fraction of sp³-hybridized carbons (Fsp3) is 0.167. The van der Waals surface area contributed by atoms with Crippen molar-refractivity contribution < 1.29 is 4.79 Å². The molecular weight excluding hydrogens is 230 g/mol. The van der Waals surface area contributed by atoms with E-state index in [9.17, 15) is 4.79 Å². The number of nitrogens with zero attached hydrogens (tertiary/aromatic N) is 4. The summed E-state index contributed by atoms with van der Waals surface area (Å²) in [4.78, 5) is 11.7. The van der Waals surface area contributed by atoms with Crippen molar-refractivity contribution >= 4 is 5.91 Å². The number of nitriles is 1. The van der Waals surface area contributed by atoms with Crippen molar-refractivity contribution in [3.05, 3.63) is 47.3 Å². The van der Waals surface area contributed by atoms with Gasteiger partial charge in [-0.15, -0.1) is 5.10 Å². The van der Waals surface area contributed by atoms with Gasteiger partial charge in [-0.05, 0) is 17.7 Å². The second kappa shape index (κ2) is 5.10. The Morgan fingerprint density at radius 2 is 2.17 bits per heavy atom. The molecule has 0 aliphatic rings. The first kappa shape index (κ1) is 11.8. The number of hydrogen-bond acceptors (Lipinski definition) is 4. The molecule has 0 atom stereocenters. The van der Waals surface area contributed by atoms with Crippen molar-refractivity contribution in [2.45, 2.75) is 6.54 Å². The van der Waals surface area contributed by atoms with Crippen molar-refractivity contribution in [1.29, 1.82) is 5.26 Å². The predicted octanol–water partition coefficient (Wildman–Crippen LogP) is 0.617. The zero-order valence-electron chi connectivity index (χ0n) is 9.79. The molecule has 6 heteroatoms. The van der Waals surface area contributed by atoms with Gasteiger partial charge < -0.3 is 5.32 Å². The molecule has 1 N–H and O–H groups in total. The van der Waals surface area contributed by atoms with Crippen molar-refractivity contribution in [1.82, 2.24) is 20.3 Å². The standard InChI is InChI=1S/C12H11N5O/c1-17-8-11(15-16-17)12(18)14-7-10-4-2-9(6-13)3-5-10/h2-5,8H,7H2,1H3,(H,14,18). The Balaban J connectivity index is 1.95. The fourth-order valence-electron chi connectivity index (χ4n) is 1.42. The van der Waals surface area contributed by atoms with Crippen LogP contribution in [0.5, 0.6) is 0 Å². The molecule has 0 radical (unpaired) electrons. The van der Waals surface area contributed by atoms with Crippen LogP contribution in [0.4, 0.5) is 0 Å². The largest absolute Gasteiger partial charge is 0.347 e. The van der Waals surface area contributed by atoms with Gasteiger partial charge in [0.1, 0.15) is 0 Å². The molecule has 6 nitrogen and oxygen atoms in total. The molecular formula is C12H11N5O. The van der Waals surface area contributed by atoms with E-state index in [1.54, 1.807) is 37.5 Å². The Hall–Kier alpha value is -2.68. The molecule has 0 aliphatic heterocycles. The third-order valence-electron chi connectivity index (χ3n) is 2.37. The lowest BCUT2D eigenvalue weighted by molar-refractivity contribution is 0.0946. The van der Waals surface area contributed by atoms with Gasteiger partial charge in [0.25, 0.3) is 5.91 Å². The van der Waals surface area contributed by atoms with E-state index < -0.39 is 0 Å². The number of rotatable bonds is 3. The molecule has 90 valence electrons. The van der Waals surface area contributed by atoms with E-state index in [1.807, 2.05) is 6.07 Å². The Morgan fingerprint density at radius 3 is 2.72 bits per heavy atom. The smallest absolute Gasteiger partial charge is 0.273 e. The first-order chi connectivity index (χ1) is 8.69. The summed E-state index contributed by atoms with van der Waals surface area (Å²) in [6, 6.07) is 9.07. The maximum absolute atomic E-state index is 11.7. The van der Waals surface area contributed by atoms with Gasteiger partial charge in [-0.2, -0.15) is 5.26 Å². The number of aryl methyl sites for hydroxylation is 1. The SMILES string of the molecule is Cn1cc(C(=O)NCc2ccc(C#N)cc2)nn1. The summed E-state index contributed by atoms with van der Waals surface area (Å²) in [6.07, 6.45) is 1.55. The number of amides is 1. The van der Waals surface area contributed by atoms with Crippen LogP contribution in [-0.2, 0) is 13.6 Å². The fourth-order valence-corrected chi connectivity index (χ4v) is 1.42. The lowest BCUT2D eigenvalue weighted by atomic mass is 10.1. The minimum Gasteiger partial charge on any atom is -0.347 e. The van der Waals surface area contributed by atoms with Crippen LogP contribution in [0.1, 0.15) is 21.6 Å². The average molecular weight is 241 g/mol. The quantitative estimate of drug-likeness (QED) is 0.853. The Labute approximate surface area is 104 Å². The van der Waals surface area contributed by atoms with E-state index in [-0.39, 0.29) is 11.6 Å². The van der Waals surface area contributed by atoms with Gasteiger partial charge in [0.2, 0.25) is 0 Å². The molecule has 1 aromatic carbocycles. The van der Waals surface area contributed by atoms with Crippen molar-refractivity contribution in [3.63, 3.8) is 0 Å². The molecule has 2 rings (SSSR count). The molecule has 0 saturated carbocycles. The molecule has 2 aromatic rings. The zero-order valence-corrected chi connectivity index (χ0v) is 9.79. The predicted molar refractivity (Wildman–Crippen MR) is 63.3 cm³/mol. The van der Waals surface area contributed by atoms with Gasteiger partial charge >= 0.3 is 0 Å². The average Bonchev–Trinajstić information content (AvgIpc) is 2.83. The van der Waals surface area contributed by atoms with Gasteiger partial charge in [0, 0.05) is 13.6 Å². The molecule has 0 bridgehead atoms. The van der Waals surface area contributed by atoms with Crippen LogP contribution in [0, 0.1) is 11.3 Å². The number of aromatic nitrogens is 3. The topological polar surface area (TPSA) is 83.6 Å². The van der Waals surface area contributed by atoms with Gasteiger partial charge in [-0.25, -0.2) is 0 Å². The number of nitrogens with one attached hydrogen (secondary N) is 1. The van der Waals surface area contributed by atoms with Crippen LogP contribution in [-0.4, -0.2) is 20.9 Å². The van der Waals surface area contributed by atoms with Crippen LogP contribution in [0.3, 0.4) is 0 Å². The summed E-state index contributed by atoms with van der Waals surface area (Å²) in [5.41, 5.74) is 1.80. The van der Waals surface area contributed by atoms with E-state index in [4.69, 9.17) is 5.26 Å². The second-order valence-corrected chi connectivity index (χ2v) is 3.77. The number of benzene rings is 1. The maximum atomic E-state index is 11.7. The summed E-state index contributed by atoms with van der Waals surface area (Å²) >= 11 is 0. The van der Waals surface area contributed by atoms with Gasteiger partial charge in [-0.3, -0.25) is 9.48 Å². The first-order valence-corrected chi connectivity index (χ1v) is 5.32. The van der Waals surface area contributed by atoms with E-state index in [0.717, 1.165) is 5.56 Å². The van der Waals surface area contributed by atoms with Crippen molar-refractivity contribution in [2.75, 3.05) is 0 Å². The third-order valence-corrected chi connectivity index (χ3v) is 2.37. The zero-order chi connectivity index (χ0) is 13.0. The summed E-state index contributed by atoms with van der Waals surface area (Å²) < 4.78 is 1.47. The van der Waals surface area contributed by atoms with Crippen LogP contribution in [0.15, 0.2) is 30.5 Å². The summed E-state index contributed by atoms with van der Waals surface area (Å²) in [5.74, 6) is -0.271. The van der Waals surface area contributed by atoms with Gasteiger partial charge in [0.05, 0.1) is 17.8 Å². The molecule has 1 heterocycles. The minimum absolute atomic E-state index is 0.271. The van der Waals surface area contributed by atoms with Gasteiger partial charge in [0.15, 0.2) is 5.69 Å². The number of carbonyl (C=O) groups excluding carboxylic acids is 1. The van der Waals surface area contributed by atoms with Crippen molar-refractivity contribution in [3.8, 4) is 6.07 Å². The summed E-state index contributed by atoms with van der Waals surface area (Å²) in [6.45, 7) is 0.390. The lowest BCUT2D eigenvalue weighted by Crippen LogP contribution is -2.23. The molecule has 0 aliphatic carbocycles. The molecule has 1 aromatic heterocycles. The molecule has 0 saturated heterocycles. The monoisotopic (exact) mass is 241 g/mol. The first-order valence-electron chi connectivity index (χ1n) is 5.32. The van der Waals surface area contributed by atoms with Crippen LogP contribution in [0.25, 0.3) is 0 Å². The maximum Gasteiger partial charge on any atom is 0.273 e. The highest BCUT2D eigenvalue weighted by Crippen LogP contribution is 2.03. The van der Waals surface area contributed by atoms with Crippen LogP contribution < -0.4 is 5.32 Å². The Bertz CT molecular complexity index is 594. The molecule has 18 heavy (non-hydrogen) atoms.